The van der Waals surface area contributed by atoms with Crippen molar-refractivity contribution in [1.82, 2.24) is 9.84 Å². The fourth-order valence-corrected chi connectivity index (χ4v) is 3.99. The quantitative estimate of drug-likeness (QED) is 0.560. The van der Waals surface area contributed by atoms with E-state index in [0.29, 0.717) is 17.0 Å². The van der Waals surface area contributed by atoms with E-state index >= 15 is 0 Å². The molecule has 162 valence electrons. The van der Waals surface area contributed by atoms with Crippen LogP contribution in [0.2, 0.25) is 0 Å². The molecule has 2 heterocycles. The number of carbonyl (C=O) groups is 2. The maximum Gasteiger partial charge on any atom is 0.293 e. The molecule has 1 aliphatic heterocycles. The van der Waals surface area contributed by atoms with Crippen molar-refractivity contribution in [2.75, 3.05) is 5.32 Å². The van der Waals surface area contributed by atoms with Gasteiger partial charge in [-0.15, -0.1) is 4.83 Å². The molecule has 0 radical (unpaired) electrons. The van der Waals surface area contributed by atoms with Gasteiger partial charge in [0.05, 0.1) is 11.2 Å². The van der Waals surface area contributed by atoms with Crippen LogP contribution in [-0.4, -0.2) is 31.1 Å². The van der Waals surface area contributed by atoms with Gasteiger partial charge in [0, 0.05) is 24.3 Å². The van der Waals surface area contributed by atoms with Gasteiger partial charge in [-0.3, -0.25) is 9.59 Å². The predicted molar refractivity (Wildman–Crippen MR) is 118 cm³/mol. The fraction of sp³-hybridized carbons (Fsp3) is 0.0455. The smallest absolute Gasteiger partial charge is 0.293 e. The first-order valence-corrected chi connectivity index (χ1v) is 11.0. The second-order valence-electron chi connectivity index (χ2n) is 6.79. The zero-order chi connectivity index (χ0) is 22.7. The maximum atomic E-state index is 13.0. The van der Waals surface area contributed by atoms with Crippen LogP contribution in [0.25, 0.3) is 6.08 Å². The number of hydrazine groups is 1. The molecule has 0 fully saturated rings. The van der Waals surface area contributed by atoms with Crippen LogP contribution >= 0.6 is 0 Å². The minimum absolute atomic E-state index is 0.0162. The Labute approximate surface area is 184 Å². The molecular formula is C22H18N4O5S. The van der Waals surface area contributed by atoms with Crippen molar-refractivity contribution in [3.05, 3.63) is 90.0 Å². The van der Waals surface area contributed by atoms with E-state index in [9.17, 15) is 18.0 Å². The minimum Gasteiger partial charge on any atom is -0.465 e. The lowest BCUT2D eigenvalue weighted by Gasteiger charge is -2.19. The van der Waals surface area contributed by atoms with E-state index in [-0.39, 0.29) is 22.3 Å². The van der Waals surface area contributed by atoms with E-state index < -0.39 is 15.9 Å². The van der Waals surface area contributed by atoms with Crippen molar-refractivity contribution >= 4 is 39.4 Å². The normalized spacial score (nSPS) is 15.2. The van der Waals surface area contributed by atoms with Gasteiger partial charge in [0.2, 0.25) is 5.91 Å². The summed E-state index contributed by atoms with van der Waals surface area (Å²) < 4.78 is 31.2. The van der Waals surface area contributed by atoms with Crippen LogP contribution in [0.1, 0.15) is 18.2 Å². The number of anilines is 1. The van der Waals surface area contributed by atoms with Crippen molar-refractivity contribution in [2.24, 2.45) is 4.99 Å². The van der Waals surface area contributed by atoms with Crippen LogP contribution in [0.3, 0.4) is 0 Å². The molecule has 2 amide bonds. The summed E-state index contributed by atoms with van der Waals surface area (Å²) >= 11 is 0. The number of hydrogen-bond donors (Lipinski definition) is 2. The van der Waals surface area contributed by atoms with Crippen molar-refractivity contribution in [3.8, 4) is 0 Å². The molecule has 0 unspecified atom stereocenters. The van der Waals surface area contributed by atoms with Crippen LogP contribution in [0.5, 0.6) is 0 Å². The average molecular weight is 450 g/mol. The Hall–Kier alpha value is -4.02. The number of hydrogen-bond acceptors (Lipinski definition) is 6. The number of nitrogens with zero attached hydrogens (tertiary/aromatic N) is 2. The second-order valence-corrected chi connectivity index (χ2v) is 8.45. The highest BCUT2D eigenvalue weighted by molar-refractivity contribution is 7.89. The van der Waals surface area contributed by atoms with Crippen LogP contribution < -0.4 is 10.1 Å². The molecule has 3 aromatic rings. The van der Waals surface area contributed by atoms with Gasteiger partial charge in [-0.1, -0.05) is 30.3 Å². The molecule has 0 saturated heterocycles. The Morgan fingerprint density at radius 3 is 2.38 bits per heavy atom. The molecule has 0 spiro atoms. The highest BCUT2D eigenvalue weighted by atomic mass is 32.2. The molecule has 9 nitrogen and oxygen atoms in total. The van der Waals surface area contributed by atoms with Gasteiger partial charge in [0.15, 0.2) is 5.84 Å². The zero-order valence-electron chi connectivity index (χ0n) is 16.8. The number of amidine groups is 1. The number of benzene rings is 2. The second kappa shape index (κ2) is 8.61. The highest BCUT2D eigenvalue weighted by Gasteiger charge is 2.35. The third kappa shape index (κ3) is 4.51. The number of nitrogens with one attached hydrogen (secondary N) is 2. The SMILES string of the molecule is CC(=O)Nc1ccc(S(=O)(=O)NN2C(=O)C(=Cc3ccco3)N=C2c2ccccc2)cc1. The average Bonchev–Trinajstić information content (AvgIpc) is 3.38. The summed E-state index contributed by atoms with van der Waals surface area (Å²) in [5.74, 6) is -0.394. The fourth-order valence-electron chi connectivity index (χ4n) is 2.98. The predicted octanol–water partition coefficient (Wildman–Crippen LogP) is 2.76. The lowest BCUT2D eigenvalue weighted by molar-refractivity contribution is -0.123. The number of carbonyl (C=O) groups excluding carboxylic acids is 2. The Kier molecular flexibility index (Phi) is 5.71. The molecule has 1 aliphatic rings. The number of rotatable bonds is 6. The molecule has 0 atom stereocenters. The summed E-state index contributed by atoms with van der Waals surface area (Å²) in [7, 11) is -4.14. The molecule has 0 bridgehead atoms. The topological polar surface area (TPSA) is 121 Å². The Bertz CT molecular complexity index is 1310. The van der Waals surface area contributed by atoms with E-state index in [4.69, 9.17) is 4.42 Å². The summed E-state index contributed by atoms with van der Waals surface area (Å²) in [4.78, 5) is 30.8. The van der Waals surface area contributed by atoms with Gasteiger partial charge in [-0.25, -0.2) is 18.4 Å². The molecule has 2 N–H and O–H groups in total. The number of amides is 2. The van der Waals surface area contributed by atoms with Gasteiger partial charge >= 0.3 is 0 Å². The number of furan rings is 1. The van der Waals surface area contributed by atoms with Gasteiger partial charge in [0.25, 0.3) is 15.9 Å². The Morgan fingerprint density at radius 2 is 1.75 bits per heavy atom. The molecule has 1 aromatic heterocycles. The summed E-state index contributed by atoms with van der Waals surface area (Å²) in [5.41, 5.74) is 1.01. The minimum atomic E-state index is -4.14. The van der Waals surface area contributed by atoms with Crippen molar-refractivity contribution < 1.29 is 22.4 Å². The summed E-state index contributed by atoms with van der Waals surface area (Å²) in [6.07, 6.45) is 2.89. The molecule has 2 aromatic carbocycles. The van der Waals surface area contributed by atoms with Gasteiger partial charge in [-0.2, -0.15) is 0 Å². The third-order valence-electron chi connectivity index (χ3n) is 4.41. The lowest BCUT2D eigenvalue weighted by atomic mass is 10.2. The zero-order valence-corrected chi connectivity index (χ0v) is 17.7. The van der Waals surface area contributed by atoms with Crippen molar-refractivity contribution in [1.29, 1.82) is 0 Å². The molecule has 4 rings (SSSR count). The highest BCUT2D eigenvalue weighted by Crippen LogP contribution is 2.23. The molecule has 32 heavy (non-hydrogen) atoms. The van der Waals surface area contributed by atoms with Crippen LogP contribution in [-0.2, 0) is 19.6 Å². The first-order valence-electron chi connectivity index (χ1n) is 9.47. The molecule has 0 aliphatic carbocycles. The Morgan fingerprint density at radius 1 is 1.03 bits per heavy atom. The summed E-state index contributed by atoms with van der Waals surface area (Å²) in [6, 6.07) is 17.6. The lowest BCUT2D eigenvalue weighted by Crippen LogP contribution is -2.47. The summed E-state index contributed by atoms with van der Waals surface area (Å²) in [5, 5.41) is 3.45. The van der Waals surface area contributed by atoms with E-state index in [1.54, 1.807) is 42.5 Å². The molecule has 10 heteroatoms. The van der Waals surface area contributed by atoms with E-state index in [1.165, 1.54) is 43.5 Å². The van der Waals surface area contributed by atoms with Gasteiger partial charge in [-0.05, 0) is 36.4 Å². The van der Waals surface area contributed by atoms with E-state index in [0.717, 1.165) is 5.01 Å². The Balaban J connectivity index is 1.67. The van der Waals surface area contributed by atoms with Gasteiger partial charge in [0.1, 0.15) is 11.5 Å². The van der Waals surface area contributed by atoms with Gasteiger partial charge < -0.3 is 9.73 Å². The van der Waals surface area contributed by atoms with Crippen LogP contribution in [0.15, 0.2) is 93.0 Å². The molecule has 0 saturated carbocycles. The first kappa shape index (κ1) is 21.2. The maximum absolute atomic E-state index is 13.0. The largest absolute Gasteiger partial charge is 0.465 e. The van der Waals surface area contributed by atoms with Crippen LogP contribution in [0, 0.1) is 0 Å². The van der Waals surface area contributed by atoms with Crippen molar-refractivity contribution in [2.45, 2.75) is 11.8 Å². The van der Waals surface area contributed by atoms with E-state index in [1.807, 2.05) is 0 Å². The monoisotopic (exact) mass is 450 g/mol. The molecular weight excluding hydrogens is 432 g/mol. The summed E-state index contributed by atoms with van der Waals surface area (Å²) in [6.45, 7) is 1.35. The van der Waals surface area contributed by atoms with Crippen molar-refractivity contribution in [3.63, 3.8) is 0 Å². The van der Waals surface area contributed by atoms with E-state index in [2.05, 4.69) is 15.1 Å². The number of aliphatic imine (C=N–C) groups is 1. The van der Waals surface area contributed by atoms with Crippen LogP contribution in [0.4, 0.5) is 5.69 Å². The number of sulfonamides is 1. The first-order chi connectivity index (χ1) is 15.3. The third-order valence-corrected chi connectivity index (χ3v) is 5.73. The standard InChI is InChI=1S/C22H18N4O5S/c1-15(27)23-17-9-11-19(12-10-17)32(29,30)25-26-21(16-6-3-2-4-7-16)24-20(22(26)28)14-18-8-5-13-31-18/h2-14,25H,1H3,(H,23,27).